The molecule has 2 atom stereocenters. The Hall–Kier alpha value is -0.890. The van der Waals surface area contributed by atoms with E-state index in [0.717, 1.165) is 18.5 Å². The summed E-state index contributed by atoms with van der Waals surface area (Å²) in [5, 5.41) is 3.75. The predicted molar refractivity (Wildman–Crippen MR) is 71.9 cm³/mol. The van der Waals surface area contributed by atoms with Crippen LogP contribution in [0.1, 0.15) is 50.2 Å². The Bertz CT molecular complexity index is 349. The zero-order valence-electron chi connectivity index (χ0n) is 11.1. The number of nitrogens with zero attached hydrogens (tertiary/aromatic N) is 1. The number of rotatable bonds is 4. The van der Waals surface area contributed by atoms with Crippen molar-refractivity contribution in [3.8, 4) is 0 Å². The van der Waals surface area contributed by atoms with E-state index in [0.29, 0.717) is 0 Å². The maximum Gasteiger partial charge on any atom is 0.0300 e. The van der Waals surface area contributed by atoms with Gasteiger partial charge in [0.25, 0.3) is 0 Å². The van der Waals surface area contributed by atoms with Gasteiger partial charge in [-0.05, 0) is 42.9 Å². The molecule has 1 fully saturated rings. The molecule has 1 aliphatic carbocycles. The van der Waals surface area contributed by atoms with Crippen LogP contribution in [0.4, 0.5) is 0 Å². The van der Waals surface area contributed by atoms with Gasteiger partial charge in [-0.15, -0.1) is 0 Å². The first-order valence-electron chi connectivity index (χ1n) is 6.94. The molecule has 2 nitrogen and oxygen atoms in total. The standard InChI is InChI=1S/C15H24N2/c1-3-13-6-4-5-7-15(13)17-11-14-8-9-16-10-12(14)2/h8-10,13,15,17H,3-7,11H2,1-2H3. The molecule has 1 aromatic rings. The van der Waals surface area contributed by atoms with Crippen molar-refractivity contribution < 1.29 is 0 Å². The van der Waals surface area contributed by atoms with E-state index in [1.807, 2.05) is 12.4 Å². The van der Waals surface area contributed by atoms with Crippen molar-refractivity contribution in [2.75, 3.05) is 0 Å². The van der Waals surface area contributed by atoms with Crippen LogP contribution in [0.25, 0.3) is 0 Å². The van der Waals surface area contributed by atoms with Crippen LogP contribution < -0.4 is 5.32 Å². The second kappa shape index (κ2) is 6.15. The molecule has 1 heterocycles. The van der Waals surface area contributed by atoms with Gasteiger partial charge in [0.1, 0.15) is 0 Å². The second-order valence-electron chi connectivity index (χ2n) is 5.24. The molecule has 1 N–H and O–H groups in total. The molecule has 94 valence electrons. The van der Waals surface area contributed by atoms with Gasteiger partial charge in [-0.3, -0.25) is 4.98 Å². The average Bonchev–Trinajstić information content (AvgIpc) is 2.38. The van der Waals surface area contributed by atoms with Gasteiger partial charge < -0.3 is 5.32 Å². The molecule has 0 aliphatic heterocycles. The van der Waals surface area contributed by atoms with E-state index in [1.54, 1.807) is 0 Å². The molecule has 0 aromatic carbocycles. The van der Waals surface area contributed by atoms with Crippen molar-refractivity contribution in [1.82, 2.24) is 10.3 Å². The van der Waals surface area contributed by atoms with Gasteiger partial charge in [-0.1, -0.05) is 26.2 Å². The summed E-state index contributed by atoms with van der Waals surface area (Å²) in [6.07, 6.45) is 10.7. The topological polar surface area (TPSA) is 24.9 Å². The Morgan fingerprint density at radius 2 is 2.18 bits per heavy atom. The molecular formula is C15H24N2. The number of nitrogens with one attached hydrogen (secondary N) is 1. The third kappa shape index (κ3) is 3.29. The van der Waals surface area contributed by atoms with Crippen LogP contribution >= 0.6 is 0 Å². The summed E-state index contributed by atoms with van der Waals surface area (Å²) in [7, 11) is 0. The minimum absolute atomic E-state index is 0.723. The molecule has 0 saturated heterocycles. The predicted octanol–water partition coefficient (Wildman–Crippen LogP) is 3.45. The Morgan fingerprint density at radius 1 is 1.35 bits per heavy atom. The van der Waals surface area contributed by atoms with E-state index in [9.17, 15) is 0 Å². The van der Waals surface area contributed by atoms with Gasteiger partial charge in [0, 0.05) is 25.0 Å². The lowest BCUT2D eigenvalue weighted by molar-refractivity contribution is 0.254. The number of hydrogen-bond donors (Lipinski definition) is 1. The molecule has 2 heteroatoms. The largest absolute Gasteiger partial charge is 0.310 e. The Balaban J connectivity index is 1.90. The van der Waals surface area contributed by atoms with Crippen molar-refractivity contribution in [2.45, 2.75) is 58.5 Å². The fourth-order valence-corrected chi connectivity index (χ4v) is 2.91. The van der Waals surface area contributed by atoms with Gasteiger partial charge in [0.15, 0.2) is 0 Å². The molecule has 1 aromatic heterocycles. The molecular weight excluding hydrogens is 208 g/mol. The fourth-order valence-electron chi connectivity index (χ4n) is 2.91. The van der Waals surface area contributed by atoms with E-state index < -0.39 is 0 Å². The zero-order chi connectivity index (χ0) is 12.1. The van der Waals surface area contributed by atoms with E-state index in [-0.39, 0.29) is 0 Å². The summed E-state index contributed by atoms with van der Waals surface area (Å²) in [5.41, 5.74) is 2.68. The highest BCUT2D eigenvalue weighted by atomic mass is 14.9. The molecule has 1 aliphatic rings. The number of aryl methyl sites for hydroxylation is 1. The highest BCUT2D eigenvalue weighted by Crippen LogP contribution is 2.27. The highest BCUT2D eigenvalue weighted by Gasteiger charge is 2.22. The third-order valence-electron chi connectivity index (χ3n) is 4.12. The Morgan fingerprint density at radius 3 is 2.94 bits per heavy atom. The Kier molecular flexibility index (Phi) is 4.55. The summed E-state index contributed by atoms with van der Waals surface area (Å²) in [6, 6.07) is 2.85. The monoisotopic (exact) mass is 232 g/mol. The van der Waals surface area contributed by atoms with E-state index in [1.165, 1.54) is 43.2 Å². The highest BCUT2D eigenvalue weighted by molar-refractivity contribution is 5.21. The normalized spacial score (nSPS) is 24.8. The van der Waals surface area contributed by atoms with Gasteiger partial charge >= 0.3 is 0 Å². The first kappa shape index (κ1) is 12.6. The third-order valence-corrected chi connectivity index (χ3v) is 4.12. The molecule has 17 heavy (non-hydrogen) atoms. The van der Waals surface area contributed by atoms with Gasteiger partial charge in [-0.2, -0.15) is 0 Å². The quantitative estimate of drug-likeness (QED) is 0.860. The minimum Gasteiger partial charge on any atom is -0.310 e. The average molecular weight is 232 g/mol. The van der Waals surface area contributed by atoms with Crippen LogP contribution in [0.2, 0.25) is 0 Å². The molecule has 2 unspecified atom stereocenters. The van der Waals surface area contributed by atoms with Crippen LogP contribution in [0.5, 0.6) is 0 Å². The Labute approximate surface area is 105 Å². The van der Waals surface area contributed by atoms with E-state index in [4.69, 9.17) is 0 Å². The summed E-state index contributed by atoms with van der Waals surface area (Å²) in [5.74, 6) is 0.880. The second-order valence-corrected chi connectivity index (χ2v) is 5.24. The number of aromatic nitrogens is 1. The van der Waals surface area contributed by atoms with Crippen LogP contribution in [0.15, 0.2) is 18.5 Å². The summed E-state index contributed by atoms with van der Waals surface area (Å²) < 4.78 is 0. The lowest BCUT2D eigenvalue weighted by Crippen LogP contribution is -2.37. The van der Waals surface area contributed by atoms with Crippen molar-refractivity contribution in [3.05, 3.63) is 29.6 Å². The minimum atomic E-state index is 0.723. The van der Waals surface area contributed by atoms with E-state index in [2.05, 4.69) is 30.2 Å². The van der Waals surface area contributed by atoms with Crippen molar-refractivity contribution in [1.29, 1.82) is 0 Å². The molecule has 1 saturated carbocycles. The van der Waals surface area contributed by atoms with Crippen molar-refractivity contribution in [2.24, 2.45) is 5.92 Å². The van der Waals surface area contributed by atoms with Crippen LogP contribution in [0.3, 0.4) is 0 Å². The molecule has 0 amide bonds. The number of pyridine rings is 1. The maximum atomic E-state index is 4.14. The molecule has 0 radical (unpaired) electrons. The zero-order valence-corrected chi connectivity index (χ0v) is 11.1. The smallest absolute Gasteiger partial charge is 0.0300 e. The number of hydrogen-bond acceptors (Lipinski definition) is 2. The summed E-state index contributed by atoms with van der Waals surface area (Å²) >= 11 is 0. The first-order valence-corrected chi connectivity index (χ1v) is 6.94. The van der Waals surface area contributed by atoms with Gasteiger partial charge in [0.2, 0.25) is 0 Å². The molecule has 0 spiro atoms. The lowest BCUT2D eigenvalue weighted by Gasteiger charge is -2.31. The van der Waals surface area contributed by atoms with Gasteiger partial charge in [0.05, 0.1) is 0 Å². The maximum absolute atomic E-state index is 4.14. The fraction of sp³-hybridized carbons (Fsp3) is 0.667. The molecule has 2 rings (SSSR count). The SMILES string of the molecule is CCC1CCCCC1NCc1ccncc1C. The van der Waals surface area contributed by atoms with Crippen LogP contribution in [0, 0.1) is 12.8 Å². The van der Waals surface area contributed by atoms with Crippen molar-refractivity contribution in [3.63, 3.8) is 0 Å². The van der Waals surface area contributed by atoms with Crippen LogP contribution in [-0.2, 0) is 6.54 Å². The van der Waals surface area contributed by atoms with Crippen LogP contribution in [-0.4, -0.2) is 11.0 Å². The lowest BCUT2D eigenvalue weighted by atomic mass is 9.83. The van der Waals surface area contributed by atoms with Crippen molar-refractivity contribution >= 4 is 0 Å². The molecule has 0 bridgehead atoms. The summed E-state index contributed by atoms with van der Waals surface area (Å²) in [4.78, 5) is 4.14. The van der Waals surface area contributed by atoms with E-state index >= 15 is 0 Å². The first-order chi connectivity index (χ1) is 8.31. The van der Waals surface area contributed by atoms with Gasteiger partial charge in [-0.25, -0.2) is 0 Å². The summed E-state index contributed by atoms with van der Waals surface area (Å²) in [6.45, 7) is 5.46.